The van der Waals surface area contributed by atoms with Crippen LogP contribution in [-0.2, 0) is 25.6 Å². The molecule has 0 aromatic carbocycles. The lowest BCUT2D eigenvalue weighted by Crippen LogP contribution is -2.17. The van der Waals surface area contributed by atoms with Gasteiger partial charge in [-0.1, -0.05) is 0 Å². The molecule has 6 heteroatoms. The molecule has 0 aliphatic carbocycles. The second-order valence-electron chi connectivity index (χ2n) is 1.76. The summed E-state index contributed by atoms with van der Waals surface area (Å²) in [5, 5.41) is 2.95. The van der Waals surface area contributed by atoms with Gasteiger partial charge in [0.25, 0.3) is 6.64 Å². The quantitative estimate of drug-likeness (QED) is 0.504. The summed E-state index contributed by atoms with van der Waals surface area (Å²) in [7, 11) is 4.69. The molecule has 0 fully saturated rings. The molecule has 0 spiro atoms. The molecule has 0 saturated heterocycles. The second-order valence-corrected chi connectivity index (χ2v) is 5.25. The van der Waals surface area contributed by atoms with Crippen LogP contribution < -0.4 is 5.09 Å². The van der Waals surface area contributed by atoms with Gasteiger partial charge in [-0.05, 0) is 11.8 Å². The molecule has 0 bridgehead atoms. The maximum Gasteiger partial charge on any atom is 0.260 e. The highest BCUT2D eigenvalue weighted by Crippen LogP contribution is 2.41. The van der Waals surface area contributed by atoms with E-state index in [1.807, 2.05) is 0 Å². The highest BCUT2D eigenvalue weighted by atomic mass is 32.5. The molecule has 0 unspecified atom stereocenters. The fourth-order valence-electron chi connectivity index (χ4n) is 0.488. The Labute approximate surface area is 72.4 Å². The van der Waals surface area contributed by atoms with Gasteiger partial charge in [0.1, 0.15) is 0 Å². The molecule has 0 amide bonds. The van der Waals surface area contributed by atoms with E-state index >= 15 is 0 Å². The Morgan fingerprint density at radius 2 is 1.82 bits per heavy atom. The Morgan fingerprint density at radius 3 is 2.18 bits per heavy atom. The van der Waals surface area contributed by atoms with Crippen LogP contribution in [0.4, 0.5) is 0 Å². The number of hydrogen-bond acceptors (Lipinski definition) is 4. The van der Waals surface area contributed by atoms with E-state index in [-0.39, 0.29) is 0 Å². The third-order valence-corrected chi connectivity index (χ3v) is 3.95. The highest BCUT2D eigenvalue weighted by Gasteiger charge is 2.12. The summed E-state index contributed by atoms with van der Waals surface area (Å²) in [5.74, 6) is 0. The fourth-order valence-corrected chi connectivity index (χ4v) is 1.53. The number of ether oxygens (including phenoxy) is 1. The van der Waals surface area contributed by atoms with Crippen molar-refractivity contribution in [3.8, 4) is 0 Å². The van der Waals surface area contributed by atoms with Crippen molar-refractivity contribution in [2.75, 3.05) is 34.5 Å². The molecule has 68 valence electrons. The van der Waals surface area contributed by atoms with Crippen LogP contribution in [0.3, 0.4) is 0 Å². The molecule has 0 aliphatic rings. The van der Waals surface area contributed by atoms with Crippen LogP contribution in [0.1, 0.15) is 0 Å². The summed E-state index contributed by atoms with van der Waals surface area (Å²) >= 11 is 5.02. The lowest BCUT2D eigenvalue weighted by molar-refractivity contribution is 0.201. The van der Waals surface area contributed by atoms with Crippen molar-refractivity contribution in [3.05, 3.63) is 0 Å². The smallest absolute Gasteiger partial charge is 0.260 e. The van der Waals surface area contributed by atoms with E-state index in [1.165, 1.54) is 14.2 Å². The molecular formula is C5H14NO3PS. The molecule has 0 atom stereocenters. The molecule has 0 saturated carbocycles. The van der Waals surface area contributed by atoms with E-state index in [2.05, 4.69) is 5.09 Å². The molecule has 1 N–H and O–H groups in total. The largest absolute Gasteiger partial charge is 0.383 e. The predicted molar refractivity (Wildman–Crippen MR) is 48.2 cm³/mol. The van der Waals surface area contributed by atoms with Crippen LogP contribution in [0, 0.1) is 0 Å². The highest BCUT2D eigenvalue weighted by molar-refractivity contribution is 8.08. The van der Waals surface area contributed by atoms with E-state index in [0.29, 0.717) is 13.2 Å². The Kier molecular flexibility index (Phi) is 6.33. The van der Waals surface area contributed by atoms with Gasteiger partial charge in [0.05, 0.1) is 6.61 Å². The van der Waals surface area contributed by atoms with Crippen LogP contribution in [0.2, 0.25) is 0 Å². The van der Waals surface area contributed by atoms with E-state index < -0.39 is 6.64 Å². The fraction of sp³-hybridized carbons (Fsp3) is 1.00. The maximum absolute atomic E-state index is 5.02. The maximum atomic E-state index is 5.02. The monoisotopic (exact) mass is 199 g/mol. The summed E-state index contributed by atoms with van der Waals surface area (Å²) in [6, 6.07) is 0. The second kappa shape index (κ2) is 6.06. The molecule has 0 rings (SSSR count). The number of nitrogens with one attached hydrogen (secondary N) is 1. The average molecular weight is 199 g/mol. The van der Waals surface area contributed by atoms with Crippen molar-refractivity contribution >= 4 is 18.4 Å². The normalized spacial score (nSPS) is 11.9. The standard InChI is InChI=1S/C5H14NO3PS/c1-7-5-4-6-10(11,8-2)9-3/h4-5H2,1-3H3,(H,6,11). The molecule has 0 aromatic rings. The van der Waals surface area contributed by atoms with E-state index in [0.717, 1.165) is 0 Å². The Hall–Kier alpha value is 0.490. The Morgan fingerprint density at radius 1 is 1.27 bits per heavy atom. The molecular weight excluding hydrogens is 185 g/mol. The van der Waals surface area contributed by atoms with Gasteiger partial charge in [-0.25, -0.2) is 5.09 Å². The first kappa shape index (κ1) is 11.5. The third-order valence-electron chi connectivity index (χ3n) is 1.09. The van der Waals surface area contributed by atoms with Gasteiger partial charge in [0, 0.05) is 27.9 Å². The molecule has 11 heavy (non-hydrogen) atoms. The van der Waals surface area contributed by atoms with Crippen LogP contribution in [0.25, 0.3) is 0 Å². The lowest BCUT2D eigenvalue weighted by Gasteiger charge is -2.18. The number of hydrogen-bond donors (Lipinski definition) is 1. The van der Waals surface area contributed by atoms with Crippen LogP contribution >= 0.6 is 6.64 Å². The molecule has 0 aliphatic heterocycles. The van der Waals surface area contributed by atoms with Gasteiger partial charge in [-0.3, -0.25) is 0 Å². The topological polar surface area (TPSA) is 39.7 Å². The molecule has 0 radical (unpaired) electrons. The van der Waals surface area contributed by atoms with E-state index in [1.54, 1.807) is 7.11 Å². The van der Waals surface area contributed by atoms with Gasteiger partial charge in [0.2, 0.25) is 0 Å². The minimum absolute atomic E-state index is 0.602. The van der Waals surface area contributed by atoms with Crippen LogP contribution in [-0.4, -0.2) is 34.5 Å². The minimum Gasteiger partial charge on any atom is -0.383 e. The molecule has 0 heterocycles. The van der Waals surface area contributed by atoms with Crippen molar-refractivity contribution in [3.63, 3.8) is 0 Å². The van der Waals surface area contributed by atoms with Gasteiger partial charge < -0.3 is 13.8 Å². The summed E-state index contributed by atoms with van der Waals surface area (Å²) in [4.78, 5) is 0. The predicted octanol–water partition coefficient (Wildman–Crippen LogP) is 0.740. The first-order chi connectivity index (χ1) is 5.18. The van der Waals surface area contributed by atoms with Crippen molar-refractivity contribution < 1.29 is 13.8 Å². The summed E-state index contributed by atoms with van der Waals surface area (Å²) in [6.07, 6.45) is 0. The van der Waals surface area contributed by atoms with Crippen molar-refractivity contribution in [1.29, 1.82) is 0 Å². The van der Waals surface area contributed by atoms with Gasteiger partial charge in [-0.2, -0.15) is 0 Å². The zero-order chi connectivity index (χ0) is 8.74. The summed E-state index contributed by atoms with van der Waals surface area (Å²) in [5.41, 5.74) is 0. The number of methoxy groups -OCH3 is 1. The summed E-state index contributed by atoms with van der Waals surface area (Å²) in [6.45, 7) is -0.957. The van der Waals surface area contributed by atoms with E-state index in [4.69, 9.17) is 25.6 Å². The van der Waals surface area contributed by atoms with Crippen molar-refractivity contribution in [2.45, 2.75) is 0 Å². The average Bonchev–Trinajstić information content (AvgIpc) is 2.05. The lowest BCUT2D eigenvalue weighted by atomic mass is 10.7. The van der Waals surface area contributed by atoms with Gasteiger partial charge >= 0.3 is 0 Å². The van der Waals surface area contributed by atoms with Crippen molar-refractivity contribution in [1.82, 2.24) is 5.09 Å². The van der Waals surface area contributed by atoms with Crippen LogP contribution in [0.5, 0.6) is 0 Å². The SMILES string of the molecule is COCCNP(=S)(OC)OC. The Balaban J connectivity index is 3.61. The van der Waals surface area contributed by atoms with Gasteiger partial charge in [0.15, 0.2) is 0 Å². The van der Waals surface area contributed by atoms with E-state index in [9.17, 15) is 0 Å². The molecule has 4 nitrogen and oxygen atoms in total. The zero-order valence-corrected chi connectivity index (χ0v) is 8.71. The number of rotatable bonds is 6. The first-order valence-electron chi connectivity index (χ1n) is 3.14. The Bertz CT molecular complexity index is 136. The molecule has 0 aromatic heterocycles. The van der Waals surface area contributed by atoms with Gasteiger partial charge in [-0.15, -0.1) is 0 Å². The summed E-state index contributed by atoms with van der Waals surface area (Å²) < 4.78 is 14.8. The zero-order valence-electron chi connectivity index (χ0n) is 6.99. The van der Waals surface area contributed by atoms with Crippen LogP contribution in [0.15, 0.2) is 0 Å². The third kappa shape index (κ3) is 4.85. The first-order valence-corrected chi connectivity index (χ1v) is 5.78. The minimum atomic E-state index is -2.21. The van der Waals surface area contributed by atoms with Crippen molar-refractivity contribution in [2.24, 2.45) is 0 Å².